The summed E-state index contributed by atoms with van der Waals surface area (Å²) in [6, 6.07) is 10.7. The van der Waals surface area contributed by atoms with Crippen LogP contribution in [0.2, 0.25) is 0 Å². The number of hydrogen-bond acceptors (Lipinski definition) is 1. The fourth-order valence-electron chi connectivity index (χ4n) is 2.91. The number of benzene rings is 1. The molecule has 0 radical (unpaired) electrons. The van der Waals surface area contributed by atoms with Gasteiger partial charge in [0.05, 0.1) is 5.60 Å². The Kier molecular flexibility index (Phi) is 4.19. The van der Waals surface area contributed by atoms with E-state index in [1.54, 1.807) is 0 Å². The van der Waals surface area contributed by atoms with Crippen LogP contribution in [0.3, 0.4) is 0 Å². The smallest absolute Gasteiger partial charge is 0.0944 e. The molecule has 0 saturated carbocycles. The molecule has 1 aliphatic carbocycles. The molecule has 20 heavy (non-hydrogen) atoms. The van der Waals surface area contributed by atoms with Gasteiger partial charge in [0.2, 0.25) is 0 Å². The van der Waals surface area contributed by atoms with Gasteiger partial charge in [-0.25, -0.2) is 0 Å². The summed E-state index contributed by atoms with van der Waals surface area (Å²) in [4.78, 5) is 0. The minimum atomic E-state index is -0.188. The van der Waals surface area contributed by atoms with Crippen LogP contribution in [0, 0.1) is 5.41 Å². The topological polar surface area (TPSA) is 9.23 Å². The van der Waals surface area contributed by atoms with Crippen molar-refractivity contribution in [2.45, 2.75) is 45.6 Å². The first-order valence-corrected chi connectivity index (χ1v) is 7.39. The zero-order chi connectivity index (χ0) is 14.8. The molecule has 1 aromatic rings. The molecule has 1 aliphatic rings. The van der Waals surface area contributed by atoms with Gasteiger partial charge in [-0.3, -0.25) is 0 Å². The Bertz CT molecular complexity index is 504. The monoisotopic (exact) mass is 270 g/mol. The lowest BCUT2D eigenvalue weighted by Crippen LogP contribution is -2.43. The lowest BCUT2D eigenvalue weighted by molar-refractivity contribution is -0.0511. The lowest BCUT2D eigenvalue weighted by Gasteiger charge is -2.43. The summed E-state index contributed by atoms with van der Waals surface area (Å²) < 4.78 is 5.85. The Morgan fingerprint density at radius 3 is 2.25 bits per heavy atom. The van der Waals surface area contributed by atoms with Gasteiger partial charge >= 0.3 is 0 Å². The average Bonchev–Trinajstić information content (AvgIpc) is 2.46. The third kappa shape index (κ3) is 2.73. The molecule has 108 valence electrons. The summed E-state index contributed by atoms with van der Waals surface area (Å²) in [5.41, 5.74) is 2.65. The van der Waals surface area contributed by atoms with E-state index in [-0.39, 0.29) is 11.0 Å². The number of ether oxygens (including phenoxy) is 1. The van der Waals surface area contributed by atoms with Gasteiger partial charge in [-0.05, 0) is 23.0 Å². The van der Waals surface area contributed by atoms with Crippen LogP contribution in [0.25, 0.3) is 0 Å². The van der Waals surface area contributed by atoms with Crippen LogP contribution in [0.15, 0.2) is 54.1 Å². The van der Waals surface area contributed by atoms with Gasteiger partial charge in [0.15, 0.2) is 0 Å². The Hall–Kier alpha value is -1.34. The fraction of sp³-hybridized carbons (Fsp3) is 0.474. The van der Waals surface area contributed by atoms with Crippen molar-refractivity contribution in [3.05, 3.63) is 59.7 Å². The first-order valence-electron chi connectivity index (χ1n) is 7.39. The maximum atomic E-state index is 5.85. The van der Waals surface area contributed by atoms with Crippen molar-refractivity contribution < 1.29 is 4.74 Å². The van der Waals surface area contributed by atoms with E-state index >= 15 is 0 Å². The summed E-state index contributed by atoms with van der Waals surface area (Å²) in [6.45, 7) is 8.98. The molecule has 0 amide bonds. The summed E-state index contributed by atoms with van der Waals surface area (Å²) in [7, 11) is 1.81. The van der Waals surface area contributed by atoms with Crippen LogP contribution in [0.1, 0.15) is 45.6 Å². The maximum absolute atomic E-state index is 5.85. The standard InChI is InChI=1S/C19H26O/c1-15(16-9-7-6-8-10-16)17-11-13-19(20-5,14-12-17)18(2,3)4/h6-13,15H,14H2,1-5H3. The van der Waals surface area contributed by atoms with Gasteiger partial charge in [0.1, 0.15) is 0 Å². The first-order chi connectivity index (χ1) is 9.39. The van der Waals surface area contributed by atoms with Crippen molar-refractivity contribution in [3.63, 3.8) is 0 Å². The van der Waals surface area contributed by atoms with Crippen molar-refractivity contribution in [3.8, 4) is 0 Å². The van der Waals surface area contributed by atoms with Crippen LogP contribution >= 0.6 is 0 Å². The molecule has 0 bridgehead atoms. The van der Waals surface area contributed by atoms with Crippen molar-refractivity contribution in [1.29, 1.82) is 0 Å². The van der Waals surface area contributed by atoms with Gasteiger partial charge in [0.25, 0.3) is 0 Å². The molecule has 0 N–H and O–H groups in total. The minimum absolute atomic E-state index is 0.0935. The SMILES string of the molecule is COC1(C(C)(C)C)C=CC(C(C)c2ccccc2)=CC1. The van der Waals surface area contributed by atoms with Gasteiger partial charge < -0.3 is 4.74 Å². The van der Waals surface area contributed by atoms with E-state index < -0.39 is 0 Å². The average molecular weight is 270 g/mol. The maximum Gasteiger partial charge on any atom is 0.0944 e. The van der Waals surface area contributed by atoms with E-state index in [9.17, 15) is 0 Å². The second kappa shape index (κ2) is 5.57. The highest BCUT2D eigenvalue weighted by Gasteiger charge is 2.40. The Morgan fingerprint density at radius 2 is 1.80 bits per heavy atom. The van der Waals surface area contributed by atoms with Crippen LogP contribution in [-0.4, -0.2) is 12.7 Å². The van der Waals surface area contributed by atoms with Crippen molar-refractivity contribution in [2.75, 3.05) is 7.11 Å². The Labute approximate surface area is 123 Å². The molecule has 1 aromatic carbocycles. The van der Waals surface area contributed by atoms with Gasteiger partial charge in [0, 0.05) is 13.0 Å². The molecule has 2 unspecified atom stereocenters. The summed E-state index contributed by atoms with van der Waals surface area (Å²) in [5, 5.41) is 0. The first kappa shape index (κ1) is 15.1. The quantitative estimate of drug-likeness (QED) is 0.741. The van der Waals surface area contributed by atoms with E-state index in [2.05, 4.69) is 76.3 Å². The van der Waals surface area contributed by atoms with Crippen LogP contribution < -0.4 is 0 Å². The van der Waals surface area contributed by atoms with Gasteiger partial charge in [-0.15, -0.1) is 0 Å². The Morgan fingerprint density at radius 1 is 1.15 bits per heavy atom. The van der Waals surface area contributed by atoms with Crippen molar-refractivity contribution in [2.24, 2.45) is 5.41 Å². The molecule has 0 aromatic heterocycles. The molecule has 0 spiro atoms. The van der Waals surface area contributed by atoms with Crippen molar-refractivity contribution >= 4 is 0 Å². The molecular weight excluding hydrogens is 244 g/mol. The molecule has 0 fully saturated rings. The predicted octanol–water partition coefficient (Wildman–Crippen LogP) is 5.11. The molecule has 2 atom stereocenters. The van der Waals surface area contributed by atoms with Crippen LogP contribution in [-0.2, 0) is 4.74 Å². The summed E-state index contributed by atoms with van der Waals surface area (Å²) >= 11 is 0. The molecule has 1 heteroatoms. The largest absolute Gasteiger partial charge is 0.373 e. The van der Waals surface area contributed by atoms with Gasteiger partial charge in [-0.2, -0.15) is 0 Å². The van der Waals surface area contributed by atoms with Crippen LogP contribution in [0.4, 0.5) is 0 Å². The predicted molar refractivity (Wildman–Crippen MR) is 85.9 cm³/mol. The third-order valence-corrected chi connectivity index (χ3v) is 4.62. The second-order valence-corrected chi connectivity index (χ2v) is 6.72. The minimum Gasteiger partial charge on any atom is -0.373 e. The number of allylic oxidation sites excluding steroid dienone is 2. The molecule has 0 saturated heterocycles. The zero-order valence-electron chi connectivity index (χ0n) is 13.3. The normalized spacial score (nSPS) is 24.4. The van der Waals surface area contributed by atoms with Gasteiger partial charge in [-0.1, -0.05) is 76.3 Å². The lowest BCUT2D eigenvalue weighted by atomic mass is 9.71. The van der Waals surface area contributed by atoms with Crippen LogP contribution in [0.5, 0.6) is 0 Å². The molecular formula is C19H26O. The molecule has 0 heterocycles. The second-order valence-electron chi connectivity index (χ2n) is 6.72. The highest BCUT2D eigenvalue weighted by Crippen LogP contribution is 2.42. The van der Waals surface area contributed by atoms with E-state index in [0.29, 0.717) is 5.92 Å². The molecule has 2 rings (SSSR count). The number of rotatable bonds is 3. The number of hydrogen-bond donors (Lipinski definition) is 0. The fourth-order valence-corrected chi connectivity index (χ4v) is 2.91. The van der Waals surface area contributed by atoms with E-state index in [0.717, 1.165) is 6.42 Å². The summed E-state index contributed by atoms with van der Waals surface area (Å²) in [5.74, 6) is 0.433. The molecule has 1 nitrogen and oxygen atoms in total. The molecule has 0 aliphatic heterocycles. The van der Waals surface area contributed by atoms with E-state index in [1.807, 2.05) is 7.11 Å². The summed E-state index contributed by atoms with van der Waals surface area (Å²) in [6.07, 6.45) is 7.78. The Balaban J connectivity index is 2.20. The number of methoxy groups -OCH3 is 1. The van der Waals surface area contributed by atoms with Crippen molar-refractivity contribution in [1.82, 2.24) is 0 Å². The van der Waals surface area contributed by atoms with E-state index in [4.69, 9.17) is 4.74 Å². The highest BCUT2D eigenvalue weighted by molar-refractivity contribution is 5.38. The zero-order valence-corrected chi connectivity index (χ0v) is 13.3. The highest BCUT2D eigenvalue weighted by atomic mass is 16.5. The third-order valence-electron chi connectivity index (χ3n) is 4.62. The van der Waals surface area contributed by atoms with E-state index in [1.165, 1.54) is 11.1 Å².